The third kappa shape index (κ3) is 5.07. The monoisotopic (exact) mass is 163 g/mol. The molecule has 10 heavy (non-hydrogen) atoms. The maximum atomic E-state index is 5.71. The minimum atomic E-state index is 0.0891. The summed E-state index contributed by atoms with van der Waals surface area (Å²) in [6, 6.07) is 0. The van der Waals surface area contributed by atoms with Gasteiger partial charge >= 0.3 is 0 Å². The van der Waals surface area contributed by atoms with Gasteiger partial charge in [-0.05, 0) is 26.3 Å². The van der Waals surface area contributed by atoms with Crippen molar-refractivity contribution in [3.05, 3.63) is 0 Å². The van der Waals surface area contributed by atoms with E-state index in [1.54, 1.807) is 0 Å². The fourth-order valence-electron chi connectivity index (χ4n) is 0.528. The second kappa shape index (κ2) is 4.20. The Kier molecular flexibility index (Phi) is 4.30. The van der Waals surface area contributed by atoms with E-state index in [2.05, 4.69) is 33.0 Å². The normalized spacial score (nSPS) is 12.6. The van der Waals surface area contributed by atoms with Crippen LogP contribution < -0.4 is 5.32 Å². The van der Waals surface area contributed by atoms with Gasteiger partial charge < -0.3 is 5.32 Å². The van der Waals surface area contributed by atoms with Crippen LogP contribution in [0.3, 0.4) is 0 Å². The molecule has 0 aromatic heterocycles. The van der Waals surface area contributed by atoms with Crippen molar-refractivity contribution in [1.29, 1.82) is 0 Å². The Balaban J connectivity index is 3.46. The summed E-state index contributed by atoms with van der Waals surface area (Å²) in [5.41, 5.74) is 0.0891. The van der Waals surface area contributed by atoms with E-state index in [0.717, 1.165) is 6.54 Å². The lowest BCUT2D eigenvalue weighted by Crippen LogP contribution is -2.42. The van der Waals surface area contributed by atoms with Crippen molar-refractivity contribution in [2.45, 2.75) is 33.2 Å². The minimum absolute atomic E-state index is 0.0891. The molecule has 0 saturated heterocycles. The number of hydrogen-bond donors (Lipinski definition) is 1. The van der Waals surface area contributed by atoms with Gasteiger partial charge in [0.05, 0.1) is 0 Å². The van der Waals surface area contributed by atoms with E-state index >= 15 is 0 Å². The van der Waals surface area contributed by atoms with Gasteiger partial charge in [-0.2, -0.15) is 0 Å². The second-order valence-corrected chi connectivity index (χ2v) is 4.06. The summed E-state index contributed by atoms with van der Waals surface area (Å²) in [4.78, 5) is 0. The summed E-state index contributed by atoms with van der Waals surface area (Å²) in [7, 11) is 0. The molecule has 0 aliphatic rings. The second-order valence-electron chi connectivity index (χ2n) is 3.79. The van der Waals surface area contributed by atoms with Gasteiger partial charge in [0.25, 0.3) is 0 Å². The number of halogens is 1. The van der Waals surface area contributed by atoms with Crippen molar-refractivity contribution in [2.75, 3.05) is 12.4 Å². The Morgan fingerprint density at radius 2 is 1.90 bits per heavy atom. The summed E-state index contributed by atoms with van der Waals surface area (Å²) in [5, 5.41) is 3.38. The van der Waals surface area contributed by atoms with Crippen LogP contribution in [-0.4, -0.2) is 18.0 Å². The molecule has 0 radical (unpaired) electrons. The molecule has 0 unspecified atom stereocenters. The van der Waals surface area contributed by atoms with Gasteiger partial charge in [0.1, 0.15) is 0 Å². The van der Waals surface area contributed by atoms with Crippen molar-refractivity contribution in [1.82, 2.24) is 5.32 Å². The van der Waals surface area contributed by atoms with Crippen LogP contribution in [0.1, 0.15) is 27.7 Å². The van der Waals surface area contributed by atoms with E-state index in [4.69, 9.17) is 11.6 Å². The summed E-state index contributed by atoms with van der Waals surface area (Å²) in [6.07, 6.45) is 0. The lowest BCUT2D eigenvalue weighted by atomic mass is 10.1. The predicted octanol–water partition coefficient (Wildman–Crippen LogP) is 2.25. The quantitative estimate of drug-likeness (QED) is 0.627. The average Bonchev–Trinajstić information content (AvgIpc) is 1.85. The summed E-state index contributed by atoms with van der Waals surface area (Å²) >= 11 is 5.71. The van der Waals surface area contributed by atoms with Crippen LogP contribution in [0, 0.1) is 5.92 Å². The van der Waals surface area contributed by atoms with Crippen LogP contribution in [0.4, 0.5) is 0 Å². The highest BCUT2D eigenvalue weighted by atomic mass is 35.5. The highest BCUT2D eigenvalue weighted by molar-refractivity contribution is 6.18. The maximum absolute atomic E-state index is 5.71. The summed E-state index contributed by atoms with van der Waals surface area (Å²) in [5.74, 6) is 1.36. The van der Waals surface area contributed by atoms with Crippen LogP contribution in [0.5, 0.6) is 0 Å². The third-order valence-electron chi connectivity index (χ3n) is 1.32. The molecule has 0 aliphatic carbocycles. The van der Waals surface area contributed by atoms with Crippen LogP contribution >= 0.6 is 11.6 Å². The number of rotatable bonds is 4. The molecular weight excluding hydrogens is 146 g/mol. The zero-order valence-corrected chi connectivity index (χ0v) is 8.13. The first-order chi connectivity index (χ1) is 4.48. The Bertz CT molecular complexity index is 89.3. The molecule has 0 atom stereocenters. The van der Waals surface area contributed by atoms with Gasteiger partial charge in [-0.25, -0.2) is 0 Å². The zero-order chi connectivity index (χ0) is 8.20. The smallest absolute Gasteiger partial charge is 0.0400 e. The van der Waals surface area contributed by atoms with Gasteiger partial charge in [-0.15, -0.1) is 11.6 Å². The first-order valence-corrected chi connectivity index (χ1v) is 4.32. The zero-order valence-electron chi connectivity index (χ0n) is 7.37. The Labute approximate surface area is 69.1 Å². The molecule has 0 rings (SSSR count). The number of alkyl halides is 1. The van der Waals surface area contributed by atoms with Crippen molar-refractivity contribution in [3.63, 3.8) is 0 Å². The molecule has 1 N–H and O–H groups in total. The Hall–Kier alpha value is 0.250. The predicted molar refractivity (Wildman–Crippen MR) is 47.6 cm³/mol. The molecule has 62 valence electrons. The molecule has 1 nitrogen and oxygen atoms in total. The largest absolute Gasteiger partial charge is 0.310 e. The molecule has 0 aliphatic heterocycles. The van der Waals surface area contributed by atoms with E-state index in [1.807, 2.05) is 0 Å². The molecule has 0 bridgehead atoms. The van der Waals surface area contributed by atoms with Crippen LogP contribution in [0.15, 0.2) is 0 Å². The van der Waals surface area contributed by atoms with Crippen molar-refractivity contribution in [2.24, 2.45) is 5.92 Å². The van der Waals surface area contributed by atoms with E-state index in [0.29, 0.717) is 11.8 Å². The van der Waals surface area contributed by atoms with E-state index in [9.17, 15) is 0 Å². The molecule has 2 heteroatoms. The molecule has 0 aromatic rings. The van der Waals surface area contributed by atoms with Crippen LogP contribution in [0.25, 0.3) is 0 Å². The molecule has 0 saturated carbocycles. The Morgan fingerprint density at radius 1 is 1.40 bits per heavy atom. The lowest BCUT2D eigenvalue weighted by Gasteiger charge is -2.24. The lowest BCUT2D eigenvalue weighted by molar-refractivity contribution is 0.398. The fraction of sp³-hybridized carbons (Fsp3) is 1.00. The SMILES string of the molecule is CC(C)CNC(C)(C)CCl. The molecule has 0 aromatic carbocycles. The van der Waals surface area contributed by atoms with Crippen molar-refractivity contribution >= 4 is 11.6 Å². The number of nitrogens with one attached hydrogen (secondary N) is 1. The molecule has 0 spiro atoms. The topological polar surface area (TPSA) is 12.0 Å². The van der Waals surface area contributed by atoms with Gasteiger partial charge in [0, 0.05) is 11.4 Å². The average molecular weight is 164 g/mol. The maximum Gasteiger partial charge on any atom is 0.0400 e. The van der Waals surface area contributed by atoms with Crippen LogP contribution in [0.2, 0.25) is 0 Å². The molecule has 0 amide bonds. The highest BCUT2D eigenvalue weighted by Crippen LogP contribution is 2.04. The summed E-state index contributed by atoms with van der Waals surface area (Å²) < 4.78 is 0. The molecule has 0 heterocycles. The third-order valence-corrected chi connectivity index (χ3v) is 1.99. The standard InChI is InChI=1S/C8H18ClN/c1-7(2)5-10-8(3,4)6-9/h7,10H,5-6H2,1-4H3. The van der Waals surface area contributed by atoms with Gasteiger partial charge in [0.2, 0.25) is 0 Å². The van der Waals surface area contributed by atoms with E-state index in [1.165, 1.54) is 0 Å². The van der Waals surface area contributed by atoms with Gasteiger partial charge in [-0.3, -0.25) is 0 Å². The van der Waals surface area contributed by atoms with Gasteiger partial charge in [0.15, 0.2) is 0 Å². The van der Waals surface area contributed by atoms with E-state index < -0.39 is 0 Å². The first-order valence-electron chi connectivity index (χ1n) is 3.79. The van der Waals surface area contributed by atoms with Gasteiger partial charge in [-0.1, -0.05) is 13.8 Å². The van der Waals surface area contributed by atoms with Crippen molar-refractivity contribution in [3.8, 4) is 0 Å². The van der Waals surface area contributed by atoms with Crippen LogP contribution in [-0.2, 0) is 0 Å². The summed E-state index contributed by atoms with van der Waals surface area (Å²) in [6.45, 7) is 9.65. The van der Waals surface area contributed by atoms with E-state index in [-0.39, 0.29) is 5.54 Å². The highest BCUT2D eigenvalue weighted by Gasteiger charge is 2.14. The molecular formula is C8H18ClN. The first kappa shape index (κ1) is 10.2. The fourth-order valence-corrected chi connectivity index (χ4v) is 0.622. The number of hydrogen-bond acceptors (Lipinski definition) is 1. The minimum Gasteiger partial charge on any atom is -0.310 e. The molecule has 0 fully saturated rings. The Morgan fingerprint density at radius 3 is 2.20 bits per heavy atom. The van der Waals surface area contributed by atoms with Crippen molar-refractivity contribution < 1.29 is 0 Å².